The number of rotatable bonds is 6. The topological polar surface area (TPSA) is 73.2 Å². The number of nitrogens with zero attached hydrogens (tertiary/aromatic N) is 2. The number of halogens is 1. The van der Waals surface area contributed by atoms with E-state index in [1.165, 1.54) is 16.7 Å². The lowest BCUT2D eigenvalue weighted by Crippen LogP contribution is -2.33. The minimum atomic E-state index is -0.526. The predicted octanol–water partition coefficient (Wildman–Crippen LogP) is 3.52. The molecule has 156 valence electrons. The SMILES string of the molecule is COc1ccc(CNC(=O)c2cc3cccnc3n(Cc3ccccc3F)c2=O)cc1. The molecular formula is C24H20FN3O3. The molecule has 0 aliphatic carbocycles. The van der Waals surface area contributed by atoms with Crippen molar-refractivity contribution in [2.75, 3.05) is 7.11 Å². The minimum absolute atomic E-state index is 0.0228. The summed E-state index contributed by atoms with van der Waals surface area (Å²) in [5.41, 5.74) is 1.05. The number of hydrogen-bond acceptors (Lipinski definition) is 4. The number of amides is 1. The van der Waals surface area contributed by atoms with E-state index in [2.05, 4.69) is 10.3 Å². The van der Waals surface area contributed by atoms with Gasteiger partial charge < -0.3 is 10.1 Å². The first kappa shape index (κ1) is 20.3. The second kappa shape index (κ2) is 8.79. The zero-order valence-corrected chi connectivity index (χ0v) is 16.8. The Labute approximate surface area is 177 Å². The van der Waals surface area contributed by atoms with Crippen molar-refractivity contribution in [3.8, 4) is 5.75 Å². The highest BCUT2D eigenvalue weighted by atomic mass is 19.1. The van der Waals surface area contributed by atoms with Crippen molar-refractivity contribution in [2.45, 2.75) is 13.1 Å². The number of fused-ring (bicyclic) bond motifs is 1. The smallest absolute Gasteiger partial charge is 0.265 e. The first-order valence-corrected chi connectivity index (χ1v) is 9.70. The number of carbonyl (C=O) groups excluding carboxylic acids is 1. The second-order valence-corrected chi connectivity index (χ2v) is 6.99. The molecule has 2 aromatic carbocycles. The van der Waals surface area contributed by atoms with Crippen LogP contribution in [0.25, 0.3) is 11.0 Å². The summed E-state index contributed by atoms with van der Waals surface area (Å²) in [5.74, 6) is -0.213. The largest absolute Gasteiger partial charge is 0.497 e. The third-order valence-corrected chi connectivity index (χ3v) is 4.99. The maximum Gasteiger partial charge on any atom is 0.265 e. The van der Waals surface area contributed by atoms with Crippen molar-refractivity contribution in [3.05, 3.63) is 106 Å². The Kier molecular flexibility index (Phi) is 5.75. The molecule has 0 unspecified atom stereocenters. The minimum Gasteiger partial charge on any atom is -0.497 e. The standard InChI is InChI=1S/C24H20FN3O3/c1-31-19-10-8-16(9-11-19)14-27-23(29)20-13-17-6-4-12-26-22(17)28(24(20)30)15-18-5-2-3-7-21(18)25/h2-13H,14-15H2,1H3,(H,27,29). The van der Waals surface area contributed by atoms with Crippen LogP contribution in [0.5, 0.6) is 5.75 Å². The zero-order valence-electron chi connectivity index (χ0n) is 16.8. The molecule has 2 aromatic heterocycles. The molecule has 0 saturated heterocycles. The summed E-state index contributed by atoms with van der Waals surface area (Å²) >= 11 is 0. The molecule has 0 aliphatic heterocycles. The van der Waals surface area contributed by atoms with Gasteiger partial charge in [0.15, 0.2) is 0 Å². The molecule has 0 atom stereocenters. The summed E-state index contributed by atoms with van der Waals surface area (Å²) in [6.45, 7) is 0.222. The molecule has 0 saturated carbocycles. The zero-order chi connectivity index (χ0) is 21.8. The molecule has 0 fully saturated rings. The van der Waals surface area contributed by atoms with Gasteiger partial charge >= 0.3 is 0 Å². The number of hydrogen-bond donors (Lipinski definition) is 1. The second-order valence-electron chi connectivity index (χ2n) is 6.99. The third-order valence-electron chi connectivity index (χ3n) is 4.99. The van der Waals surface area contributed by atoms with Crippen LogP contribution in [0.15, 0.2) is 77.7 Å². The molecule has 0 spiro atoms. The van der Waals surface area contributed by atoms with Gasteiger partial charge in [-0.15, -0.1) is 0 Å². The van der Waals surface area contributed by atoms with E-state index < -0.39 is 17.3 Å². The molecule has 1 amide bonds. The van der Waals surface area contributed by atoms with Gasteiger partial charge in [0.05, 0.1) is 13.7 Å². The number of ether oxygens (including phenoxy) is 1. The summed E-state index contributed by atoms with van der Waals surface area (Å²) in [4.78, 5) is 30.3. The molecule has 4 rings (SSSR count). The number of benzene rings is 2. The monoisotopic (exact) mass is 417 g/mol. The highest BCUT2D eigenvalue weighted by Gasteiger charge is 2.17. The number of methoxy groups -OCH3 is 1. The first-order chi connectivity index (χ1) is 15.1. The van der Waals surface area contributed by atoms with E-state index in [4.69, 9.17) is 4.74 Å². The van der Waals surface area contributed by atoms with Crippen molar-refractivity contribution in [3.63, 3.8) is 0 Å². The van der Waals surface area contributed by atoms with Gasteiger partial charge in [-0.3, -0.25) is 14.2 Å². The van der Waals surface area contributed by atoms with Crippen LogP contribution in [0, 0.1) is 5.82 Å². The Hall–Kier alpha value is -4.00. The average molecular weight is 417 g/mol. The summed E-state index contributed by atoms with van der Waals surface area (Å²) in [7, 11) is 1.58. The molecule has 1 N–H and O–H groups in total. The molecule has 2 heterocycles. The summed E-state index contributed by atoms with van der Waals surface area (Å²) < 4.78 is 20.7. The van der Waals surface area contributed by atoms with E-state index in [1.807, 2.05) is 12.1 Å². The number of nitrogens with one attached hydrogen (secondary N) is 1. The predicted molar refractivity (Wildman–Crippen MR) is 116 cm³/mol. The van der Waals surface area contributed by atoms with Crippen molar-refractivity contribution < 1.29 is 13.9 Å². The molecule has 31 heavy (non-hydrogen) atoms. The Balaban J connectivity index is 1.67. The van der Waals surface area contributed by atoms with Crippen LogP contribution in [0.4, 0.5) is 4.39 Å². The van der Waals surface area contributed by atoms with Gasteiger partial charge in [0.25, 0.3) is 11.5 Å². The van der Waals surface area contributed by atoms with E-state index in [-0.39, 0.29) is 18.7 Å². The van der Waals surface area contributed by atoms with Crippen LogP contribution in [-0.2, 0) is 13.1 Å². The summed E-state index contributed by atoms with van der Waals surface area (Å²) in [6, 6.07) is 18.5. The van der Waals surface area contributed by atoms with Crippen molar-refractivity contribution in [2.24, 2.45) is 0 Å². The van der Waals surface area contributed by atoms with E-state index in [1.54, 1.807) is 55.8 Å². The fourth-order valence-electron chi connectivity index (χ4n) is 3.33. The van der Waals surface area contributed by atoms with Crippen LogP contribution in [-0.4, -0.2) is 22.6 Å². The molecule has 6 nitrogen and oxygen atoms in total. The van der Waals surface area contributed by atoms with E-state index in [0.29, 0.717) is 22.3 Å². The Morgan fingerprint density at radius 2 is 1.87 bits per heavy atom. The van der Waals surface area contributed by atoms with Crippen LogP contribution in [0.1, 0.15) is 21.5 Å². The molecule has 0 bridgehead atoms. The maximum atomic E-state index is 14.2. The summed E-state index contributed by atoms with van der Waals surface area (Å²) in [5, 5.41) is 3.39. The Morgan fingerprint density at radius 3 is 2.61 bits per heavy atom. The number of carbonyl (C=O) groups is 1. The van der Waals surface area contributed by atoms with E-state index in [9.17, 15) is 14.0 Å². The molecule has 4 aromatic rings. The fraction of sp³-hybridized carbons (Fsp3) is 0.125. The molecule has 0 aliphatic rings. The van der Waals surface area contributed by atoms with Gasteiger partial charge in [-0.1, -0.05) is 30.3 Å². The lowest BCUT2D eigenvalue weighted by atomic mass is 10.1. The van der Waals surface area contributed by atoms with E-state index in [0.717, 1.165) is 5.56 Å². The highest BCUT2D eigenvalue weighted by molar-refractivity contribution is 5.96. The van der Waals surface area contributed by atoms with Crippen molar-refractivity contribution >= 4 is 16.9 Å². The van der Waals surface area contributed by atoms with Gasteiger partial charge in [-0.2, -0.15) is 0 Å². The lowest BCUT2D eigenvalue weighted by Gasteiger charge is -2.13. The maximum absolute atomic E-state index is 14.2. The average Bonchev–Trinajstić information content (AvgIpc) is 2.80. The van der Waals surface area contributed by atoms with Crippen molar-refractivity contribution in [1.29, 1.82) is 0 Å². The number of pyridine rings is 2. The molecule has 7 heteroatoms. The quantitative estimate of drug-likeness (QED) is 0.521. The normalized spacial score (nSPS) is 10.8. The number of aromatic nitrogens is 2. The van der Waals surface area contributed by atoms with E-state index >= 15 is 0 Å². The van der Waals surface area contributed by atoms with Gasteiger partial charge in [0, 0.05) is 23.7 Å². The summed E-state index contributed by atoms with van der Waals surface area (Å²) in [6.07, 6.45) is 1.56. The van der Waals surface area contributed by atoms with Crippen molar-refractivity contribution in [1.82, 2.24) is 14.9 Å². The Bertz CT molecular complexity index is 1300. The molecular weight excluding hydrogens is 397 g/mol. The molecule has 0 radical (unpaired) electrons. The lowest BCUT2D eigenvalue weighted by molar-refractivity contribution is 0.0949. The van der Waals surface area contributed by atoms with Crippen LogP contribution in [0.3, 0.4) is 0 Å². The van der Waals surface area contributed by atoms with Crippen LogP contribution in [0.2, 0.25) is 0 Å². The van der Waals surface area contributed by atoms with Crippen LogP contribution >= 0.6 is 0 Å². The Morgan fingerprint density at radius 1 is 1.10 bits per heavy atom. The van der Waals surface area contributed by atoms with Gasteiger partial charge in [-0.05, 0) is 42.0 Å². The van der Waals surface area contributed by atoms with Gasteiger partial charge in [0.1, 0.15) is 22.8 Å². The van der Waals surface area contributed by atoms with Crippen LogP contribution < -0.4 is 15.6 Å². The highest BCUT2D eigenvalue weighted by Crippen LogP contribution is 2.15. The third kappa shape index (κ3) is 4.30. The van der Waals surface area contributed by atoms with Gasteiger partial charge in [-0.25, -0.2) is 9.37 Å². The van der Waals surface area contributed by atoms with Gasteiger partial charge in [0.2, 0.25) is 0 Å². The first-order valence-electron chi connectivity index (χ1n) is 9.70. The fourth-order valence-corrected chi connectivity index (χ4v) is 3.33.